The summed E-state index contributed by atoms with van der Waals surface area (Å²) in [5.74, 6) is 0.341. The second-order valence-corrected chi connectivity index (χ2v) is 7.31. The number of amides is 2. The predicted octanol–water partition coefficient (Wildman–Crippen LogP) is 3.01. The Morgan fingerprint density at radius 3 is 2.04 bits per heavy atom. The van der Waals surface area contributed by atoms with Crippen LogP contribution in [0.25, 0.3) is 0 Å². The van der Waals surface area contributed by atoms with Gasteiger partial charge in [-0.1, -0.05) is 11.6 Å². The van der Waals surface area contributed by atoms with Gasteiger partial charge in [0.1, 0.15) is 5.75 Å². The zero-order valence-corrected chi connectivity index (χ0v) is 17.1. The average Bonchev–Trinajstić information content (AvgIpc) is 2.73. The summed E-state index contributed by atoms with van der Waals surface area (Å²) in [5, 5.41) is 0.485. The molecule has 0 bridgehead atoms. The summed E-state index contributed by atoms with van der Waals surface area (Å²) in [6, 6.07) is 12.5. The highest BCUT2D eigenvalue weighted by molar-refractivity contribution is 6.31. The molecule has 0 N–H and O–H groups in total. The van der Waals surface area contributed by atoms with E-state index in [4.69, 9.17) is 16.3 Å². The smallest absolute Gasteiger partial charge is 0.257 e. The Labute approximate surface area is 170 Å². The number of methoxy groups -OCH3 is 1. The Balaban J connectivity index is 1.65. The van der Waals surface area contributed by atoms with Crippen molar-refractivity contribution in [1.82, 2.24) is 9.80 Å². The summed E-state index contributed by atoms with van der Waals surface area (Å²) in [6.45, 7) is 1.91. The lowest BCUT2D eigenvalue weighted by Crippen LogP contribution is -2.50. The molecule has 0 saturated carbocycles. The Morgan fingerprint density at radius 1 is 0.929 bits per heavy atom. The molecule has 2 aromatic carbocycles. The van der Waals surface area contributed by atoms with E-state index in [9.17, 15) is 9.59 Å². The van der Waals surface area contributed by atoms with Crippen molar-refractivity contribution >= 4 is 29.1 Å². The summed E-state index contributed by atoms with van der Waals surface area (Å²) in [5.41, 5.74) is 2.14. The summed E-state index contributed by atoms with van der Waals surface area (Å²) in [4.78, 5) is 31.1. The van der Waals surface area contributed by atoms with E-state index in [2.05, 4.69) is 0 Å². The molecular weight excluding hydrogens is 378 g/mol. The lowest BCUT2D eigenvalue weighted by molar-refractivity contribution is 0.0533. The van der Waals surface area contributed by atoms with Crippen LogP contribution in [0, 0.1) is 0 Å². The Bertz CT molecular complexity index is 860. The van der Waals surface area contributed by atoms with Crippen LogP contribution in [-0.4, -0.2) is 69.0 Å². The van der Waals surface area contributed by atoms with Gasteiger partial charge in [-0.3, -0.25) is 9.59 Å². The van der Waals surface area contributed by atoms with Crippen molar-refractivity contribution in [2.24, 2.45) is 0 Å². The van der Waals surface area contributed by atoms with Gasteiger partial charge in [0.05, 0.1) is 12.7 Å². The average molecular weight is 402 g/mol. The monoisotopic (exact) mass is 401 g/mol. The number of hydrogen-bond acceptors (Lipinski definition) is 4. The summed E-state index contributed by atoms with van der Waals surface area (Å²) < 4.78 is 5.28. The normalized spacial score (nSPS) is 14.0. The van der Waals surface area contributed by atoms with E-state index >= 15 is 0 Å². The maximum Gasteiger partial charge on any atom is 0.257 e. The number of hydrogen-bond donors (Lipinski definition) is 0. The zero-order valence-electron chi connectivity index (χ0n) is 16.3. The number of carbonyl (C=O) groups is 2. The molecule has 1 fully saturated rings. The second-order valence-electron chi connectivity index (χ2n) is 6.87. The van der Waals surface area contributed by atoms with Gasteiger partial charge in [-0.25, -0.2) is 0 Å². The number of nitrogens with zero attached hydrogens (tertiary/aromatic N) is 3. The number of benzene rings is 2. The molecule has 0 spiro atoms. The van der Waals surface area contributed by atoms with Crippen LogP contribution in [-0.2, 0) is 0 Å². The van der Waals surface area contributed by atoms with Crippen LogP contribution in [0.2, 0.25) is 5.02 Å². The standard InChI is InChI=1S/C21H24ClN3O3/c1-23(2)17-7-4-15(5-8-17)20(26)24-10-12-25(13-11-24)21(27)18-14-16(22)6-9-19(18)28-3/h4-9,14H,10-13H2,1-3H3. The minimum Gasteiger partial charge on any atom is -0.496 e. The molecule has 7 heteroatoms. The van der Waals surface area contributed by atoms with Crippen LogP contribution in [0.3, 0.4) is 0 Å². The van der Waals surface area contributed by atoms with E-state index in [1.54, 1.807) is 28.0 Å². The van der Waals surface area contributed by atoms with Gasteiger partial charge >= 0.3 is 0 Å². The van der Waals surface area contributed by atoms with Gasteiger partial charge in [0, 0.05) is 56.5 Å². The molecule has 0 atom stereocenters. The first-order valence-electron chi connectivity index (χ1n) is 9.10. The number of halogens is 1. The van der Waals surface area contributed by atoms with Gasteiger partial charge in [-0.15, -0.1) is 0 Å². The maximum atomic E-state index is 12.9. The van der Waals surface area contributed by atoms with Crippen molar-refractivity contribution in [3.05, 3.63) is 58.6 Å². The van der Waals surface area contributed by atoms with E-state index < -0.39 is 0 Å². The van der Waals surface area contributed by atoms with Crippen molar-refractivity contribution in [3.63, 3.8) is 0 Å². The summed E-state index contributed by atoms with van der Waals surface area (Å²) in [6.07, 6.45) is 0. The quantitative estimate of drug-likeness (QED) is 0.790. The van der Waals surface area contributed by atoms with Crippen LogP contribution >= 0.6 is 11.6 Å². The number of anilines is 1. The molecule has 2 aromatic rings. The summed E-state index contributed by atoms with van der Waals surface area (Å²) >= 11 is 6.04. The van der Waals surface area contributed by atoms with Gasteiger partial charge in [0.25, 0.3) is 11.8 Å². The van der Waals surface area contributed by atoms with E-state index in [0.29, 0.717) is 48.1 Å². The van der Waals surface area contributed by atoms with Crippen LogP contribution in [0.1, 0.15) is 20.7 Å². The molecule has 0 unspecified atom stereocenters. The third-order valence-electron chi connectivity index (χ3n) is 4.88. The second kappa shape index (κ2) is 8.52. The van der Waals surface area contributed by atoms with Crippen LogP contribution < -0.4 is 9.64 Å². The Kier molecular flexibility index (Phi) is 6.09. The van der Waals surface area contributed by atoms with Crippen molar-refractivity contribution in [1.29, 1.82) is 0 Å². The minimum atomic E-state index is -0.137. The fraction of sp³-hybridized carbons (Fsp3) is 0.333. The third kappa shape index (κ3) is 4.22. The number of ether oxygens (including phenoxy) is 1. The van der Waals surface area contributed by atoms with Crippen LogP contribution in [0.4, 0.5) is 5.69 Å². The fourth-order valence-electron chi connectivity index (χ4n) is 3.22. The number of rotatable bonds is 4. The van der Waals surface area contributed by atoms with Gasteiger partial charge in [0.15, 0.2) is 0 Å². The highest BCUT2D eigenvalue weighted by atomic mass is 35.5. The first-order chi connectivity index (χ1) is 13.4. The van der Waals surface area contributed by atoms with Crippen LogP contribution in [0.5, 0.6) is 5.75 Å². The van der Waals surface area contributed by atoms with Gasteiger partial charge in [-0.05, 0) is 42.5 Å². The van der Waals surface area contributed by atoms with E-state index in [-0.39, 0.29) is 11.8 Å². The molecule has 0 radical (unpaired) electrons. The molecule has 148 valence electrons. The zero-order chi connectivity index (χ0) is 20.3. The molecule has 1 heterocycles. The van der Waals surface area contributed by atoms with Crippen molar-refractivity contribution < 1.29 is 14.3 Å². The molecule has 1 aliphatic heterocycles. The van der Waals surface area contributed by atoms with Gasteiger partial charge in [-0.2, -0.15) is 0 Å². The Morgan fingerprint density at radius 2 is 1.50 bits per heavy atom. The predicted molar refractivity (Wildman–Crippen MR) is 111 cm³/mol. The highest BCUT2D eigenvalue weighted by Gasteiger charge is 2.27. The molecule has 1 aliphatic rings. The molecule has 1 saturated heterocycles. The van der Waals surface area contributed by atoms with Crippen molar-refractivity contribution in [2.45, 2.75) is 0 Å². The molecular formula is C21H24ClN3O3. The number of piperazine rings is 1. The van der Waals surface area contributed by atoms with Crippen LogP contribution in [0.15, 0.2) is 42.5 Å². The maximum absolute atomic E-state index is 12.9. The minimum absolute atomic E-state index is 0.0160. The van der Waals surface area contributed by atoms with Crippen molar-refractivity contribution in [2.75, 3.05) is 52.3 Å². The van der Waals surface area contributed by atoms with E-state index in [0.717, 1.165) is 5.69 Å². The molecule has 0 aromatic heterocycles. The molecule has 6 nitrogen and oxygen atoms in total. The SMILES string of the molecule is COc1ccc(Cl)cc1C(=O)N1CCN(C(=O)c2ccc(N(C)C)cc2)CC1. The molecule has 0 aliphatic carbocycles. The van der Waals surface area contributed by atoms with Crippen molar-refractivity contribution in [3.8, 4) is 5.75 Å². The lowest BCUT2D eigenvalue weighted by Gasteiger charge is -2.35. The first kappa shape index (κ1) is 20.0. The number of carbonyl (C=O) groups excluding carboxylic acids is 2. The Hall–Kier alpha value is -2.73. The van der Waals surface area contributed by atoms with Gasteiger partial charge < -0.3 is 19.4 Å². The largest absolute Gasteiger partial charge is 0.496 e. The first-order valence-corrected chi connectivity index (χ1v) is 9.48. The lowest BCUT2D eigenvalue weighted by atomic mass is 10.1. The summed E-state index contributed by atoms with van der Waals surface area (Å²) in [7, 11) is 5.45. The molecule has 2 amide bonds. The highest BCUT2D eigenvalue weighted by Crippen LogP contribution is 2.25. The molecule has 3 rings (SSSR count). The van der Waals surface area contributed by atoms with E-state index in [1.165, 1.54) is 7.11 Å². The molecule has 28 heavy (non-hydrogen) atoms. The third-order valence-corrected chi connectivity index (χ3v) is 5.11. The van der Waals surface area contributed by atoms with E-state index in [1.807, 2.05) is 43.3 Å². The topological polar surface area (TPSA) is 53.1 Å². The fourth-order valence-corrected chi connectivity index (χ4v) is 3.39. The van der Waals surface area contributed by atoms with Gasteiger partial charge in [0.2, 0.25) is 0 Å².